The molecule has 1 aromatic heterocycles. The monoisotopic (exact) mass is 262 g/mol. The highest BCUT2D eigenvalue weighted by atomic mass is 16.5. The van der Waals surface area contributed by atoms with Gasteiger partial charge in [0.15, 0.2) is 0 Å². The molecule has 0 radical (unpaired) electrons. The van der Waals surface area contributed by atoms with E-state index in [0.29, 0.717) is 5.88 Å². The van der Waals surface area contributed by atoms with Crippen molar-refractivity contribution in [2.75, 3.05) is 20.3 Å². The van der Waals surface area contributed by atoms with Crippen molar-refractivity contribution in [2.45, 2.75) is 32.2 Å². The lowest BCUT2D eigenvalue weighted by molar-refractivity contribution is 0.166. The third-order valence-corrected chi connectivity index (χ3v) is 3.15. The first-order chi connectivity index (χ1) is 9.36. The standard InChI is InChI=1S/C15H22N2O2/c1-3-9-16-14(13-8-4-5-11-19-13)12-7-6-10-17-15(12)18-2/h6-8,10,14,16H,3-5,9,11H2,1-2H3. The van der Waals surface area contributed by atoms with Crippen LogP contribution in [-0.4, -0.2) is 25.2 Å². The van der Waals surface area contributed by atoms with Gasteiger partial charge in [-0.2, -0.15) is 0 Å². The molecule has 2 heterocycles. The summed E-state index contributed by atoms with van der Waals surface area (Å²) in [5, 5.41) is 3.52. The Hall–Kier alpha value is -1.55. The fourth-order valence-corrected chi connectivity index (χ4v) is 2.22. The van der Waals surface area contributed by atoms with Crippen LogP contribution in [0.5, 0.6) is 5.88 Å². The van der Waals surface area contributed by atoms with Crippen molar-refractivity contribution in [3.63, 3.8) is 0 Å². The van der Waals surface area contributed by atoms with Gasteiger partial charge in [0, 0.05) is 11.8 Å². The van der Waals surface area contributed by atoms with Crippen LogP contribution in [0.1, 0.15) is 37.8 Å². The van der Waals surface area contributed by atoms with E-state index in [1.807, 2.05) is 12.1 Å². The third-order valence-electron chi connectivity index (χ3n) is 3.15. The van der Waals surface area contributed by atoms with Gasteiger partial charge in [0.25, 0.3) is 0 Å². The minimum atomic E-state index is 0.0314. The Balaban J connectivity index is 2.27. The molecule has 0 fully saturated rings. The first-order valence-electron chi connectivity index (χ1n) is 6.92. The molecule has 1 N–H and O–H groups in total. The molecule has 1 aliphatic heterocycles. The number of rotatable bonds is 6. The minimum Gasteiger partial charge on any atom is -0.496 e. The summed E-state index contributed by atoms with van der Waals surface area (Å²) in [5.74, 6) is 1.65. The van der Waals surface area contributed by atoms with Gasteiger partial charge in [-0.25, -0.2) is 4.98 Å². The van der Waals surface area contributed by atoms with E-state index in [1.54, 1.807) is 13.3 Å². The highest BCUT2D eigenvalue weighted by molar-refractivity contribution is 5.34. The topological polar surface area (TPSA) is 43.4 Å². The first kappa shape index (κ1) is 13.9. The second-order valence-electron chi connectivity index (χ2n) is 4.59. The van der Waals surface area contributed by atoms with E-state index in [0.717, 1.165) is 43.7 Å². The number of nitrogens with one attached hydrogen (secondary N) is 1. The summed E-state index contributed by atoms with van der Waals surface area (Å²) in [6, 6.07) is 4.00. The van der Waals surface area contributed by atoms with E-state index in [9.17, 15) is 0 Å². The Morgan fingerprint density at radius 3 is 3.11 bits per heavy atom. The maximum atomic E-state index is 5.81. The minimum absolute atomic E-state index is 0.0314. The van der Waals surface area contributed by atoms with Crippen LogP contribution in [0, 0.1) is 0 Å². The number of hydrogen-bond donors (Lipinski definition) is 1. The Bertz CT molecular complexity index is 432. The van der Waals surface area contributed by atoms with Crippen LogP contribution < -0.4 is 10.1 Å². The lowest BCUT2D eigenvalue weighted by Crippen LogP contribution is -2.26. The molecule has 0 aromatic carbocycles. The molecule has 104 valence electrons. The largest absolute Gasteiger partial charge is 0.496 e. The molecule has 2 rings (SSSR count). The predicted molar refractivity (Wildman–Crippen MR) is 75.1 cm³/mol. The van der Waals surface area contributed by atoms with Crippen LogP contribution in [-0.2, 0) is 4.74 Å². The molecular weight excluding hydrogens is 240 g/mol. The van der Waals surface area contributed by atoms with E-state index in [1.165, 1.54) is 0 Å². The van der Waals surface area contributed by atoms with Gasteiger partial charge in [0.2, 0.25) is 5.88 Å². The molecule has 0 spiro atoms. The van der Waals surface area contributed by atoms with Crippen molar-refractivity contribution in [1.82, 2.24) is 10.3 Å². The second kappa shape index (κ2) is 7.14. The highest BCUT2D eigenvalue weighted by Gasteiger charge is 2.23. The molecule has 0 saturated heterocycles. The zero-order chi connectivity index (χ0) is 13.5. The lowest BCUT2D eigenvalue weighted by atomic mass is 10.0. The van der Waals surface area contributed by atoms with Crippen LogP contribution in [0.3, 0.4) is 0 Å². The van der Waals surface area contributed by atoms with Gasteiger partial charge in [-0.15, -0.1) is 0 Å². The summed E-state index contributed by atoms with van der Waals surface area (Å²) in [6.45, 7) is 3.88. The molecule has 4 heteroatoms. The molecule has 0 amide bonds. The zero-order valence-corrected chi connectivity index (χ0v) is 11.7. The third kappa shape index (κ3) is 3.47. The van der Waals surface area contributed by atoms with Crippen LogP contribution in [0.15, 0.2) is 30.2 Å². The summed E-state index contributed by atoms with van der Waals surface area (Å²) in [7, 11) is 1.65. The van der Waals surface area contributed by atoms with Crippen molar-refractivity contribution in [1.29, 1.82) is 0 Å². The predicted octanol–water partition coefficient (Wildman–Crippen LogP) is 2.83. The number of ether oxygens (including phenoxy) is 2. The number of hydrogen-bond acceptors (Lipinski definition) is 4. The fraction of sp³-hybridized carbons (Fsp3) is 0.533. The maximum Gasteiger partial charge on any atom is 0.218 e. The average Bonchev–Trinajstić information content (AvgIpc) is 2.49. The summed E-state index contributed by atoms with van der Waals surface area (Å²) < 4.78 is 11.2. The van der Waals surface area contributed by atoms with E-state index in [2.05, 4.69) is 23.3 Å². The van der Waals surface area contributed by atoms with Gasteiger partial charge in [-0.05, 0) is 37.9 Å². The summed E-state index contributed by atoms with van der Waals surface area (Å²) >= 11 is 0. The van der Waals surface area contributed by atoms with Gasteiger partial charge >= 0.3 is 0 Å². The summed E-state index contributed by atoms with van der Waals surface area (Å²) in [5.41, 5.74) is 1.03. The van der Waals surface area contributed by atoms with Crippen molar-refractivity contribution < 1.29 is 9.47 Å². The van der Waals surface area contributed by atoms with Gasteiger partial charge in [0.1, 0.15) is 5.76 Å². The molecule has 1 atom stereocenters. The first-order valence-corrected chi connectivity index (χ1v) is 6.92. The molecule has 1 aromatic rings. The Morgan fingerprint density at radius 1 is 1.53 bits per heavy atom. The van der Waals surface area contributed by atoms with Gasteiger partial charge < -0.3 is 14.8 Å². The number of methoxy groups -OCH3 is 1. The quantitative estimate of drug-likeness (QED) is 0.856. The lowest BCUT2D eigenvalue weighted by Gasteiger charge is -2.25. The second-order valence-corrected chi connectivity index (χ2v) is 4.59. The molecule has 1 aliphatic rings. The van der Waals surface area contributed by atoms with Crippen LogP contribution in [0.4, 0.5) is 0 Å². The smallest absolute Gasteiger partial charge is 0.218 e. The van der Waals surface area contributed by atoms with E-state index in [-0.39, 0.29) is 6.04 Å². The Kier molecular flexibility index (Phi) is 5.21. The number of allylic oxidation sites excluding steroid dienone is 1. The number of pyridine rings is 1. The van der Waals surface area contributed by atoms with Gasteiger partial charge in [-0.1, -0.05) is 13.0 Å². The normalized spacial score (nSPS) is 16.4. The average molecular weight is 262 g/mol. The molecule has 4 nitrogen and oxygen atoms in total. The highest BCUT2D eigenvalue weighted by Crippen LogP contribution is 2.30. The molecule has 0 saturated carbocycles. The summed E-state index contributed by atoms with van der Waals surface area (Å²) in [6.07, 6.45) is 7.15. The molecule has 0 bridgehead atoms. The molecule has 1 unspecified atom stereocenters. The van der Waals surface area contributed by atoms with E-state index < -0.39 is 0 Å². The molecule has 0 aliphatic carbocycles. The van der Waals surface area contributed by atoms with Crippen molar-refractivity contribution in [3.8, 4) is 5.88 Å². The molecule has 19 heavy (non-hydrogen) atoms. The van der Waals surface area contributed by atoms with Crippen molar-refractivity contribution >= 4 is 0 Å². The zero-order valence-electron chi connectivity index (χ0n) is 11.7. The Labute approximate surface area is 114 Å². The number of nitrogens with zero attached hydrogens (tertiary/aromatic N) is 1. The van der Waals surface area contributed by atoms with Crippen LogP contribution >= 0.6 is 0 Å². The van der Waals surface area contributed by atoms with Crippen LogP contribution in [0.2, 0.25) is 0 Å². The van der Waals surface area contributed by atoms with Gasteiger partial charge in [0.05, 0.1) is 19.8 Å². The van der Waals surface area contributed by atoms with Gasteiger partial charge in [-0.3, -0.25) is 0 Å². The molecular formula is C15H22N2O2. The number of aromatic nitrogens is 1. The fourth-order valence-electron chi connectivity index (χ4n) is 2.22. The van der Waals surface area contributed by atoms with E-state index >= 15 is 0 Å². The van der Waals surface area contributed by atoms with Crippen molar-refractivity contribution in [2.24, 2.45) is 0 Å². The van der Waals surface area contributed by atoms with E-state index in [4.69, 9.17) is 9.47 Å². The SMILES string of the molecule is CCCNC(C1=CCCCO1)c1cccnc1OC. The van der Waals surface area contributed by atoms with Crippen LogP contribution in [0.25, 0.3) is 0 Å². The van der Waals surface area contributed by atoms with Crippen molar-refractivity contribution in [3.05, 3.63) is 35.7 Å². The Morgan fingerprint density at radius 2 is 2.42 bits per heavy atom. The maximum absolute atomic E-state index is 5.81. The summed E-state index contributed by atoms with van der Waals surface area (Å²) in [4.78, 5) is 4.28.